The molecule has 6 nitrogen and oxygen atoms in total. The highest BCUT2D eigenvalue weighted by atomic mass is 35.5. The number of rotatable bonds is 12. The van der Waals surface area contributed by atoms with Crippen LogP contribution in [0.1, 0.15) is 25.8 Å². The van der Waals surface area contributed by atoms with Crippen molar-refractivity contribution >= 4 is 28.8 Å². The SMILES string of the molecule is C=C/C(=C\C=C(/C)c1ccc(Cl)c([N+]2(CC#N)C[C@@H](C)C[C@H]2C(N)=O)c1)NCCNCCF. The van der Waals surface area contributed by atoms with Gasteiger partial charge in [0.1, 0.15) is 17.8 Å². The first-order valence-electron chi connectivity index (χ1n) is 11.1. The molecule has 1 fully saturated rings. The Bertz CT molecular complexity index is 955. The minimum atomic E-state index is -0.487. The smallest absolute Gasteiger partial charge is 0.276 e. The average molecular weight is 475 g/mol. The number of hydrogen-bond acceptors (Lipinski definition) is 4. The Morgan fingerprint density at radius 3 is 2.79 bits per heavy atom. The van der Waals surface area contributed by atoms with E-state index in [1.54, 1.807) is 6.08 Å². The highest BCUT2D eigenvalue weighted by molar-refractivity contribution is 6.33. The number of halogens is 2. The fraction of sp³-hybridized carbons (Fsp3) is 0.440. The van der Waals surface area contributed by atoms with E-state index in [2.05, 4.69) is 30.2 Å². The van der Waals surface area contributed by atoms with Crippen LogP contribution < -0.4 is 20.9 Å². The van der Waals surface area contributed by atoms with E-state index in [4.69, 9.17) is 17.3 Å². The second-order valence-electron chi connectivity index (χ2n) is 8.50. The molecule has 1 unspecified atom stereocenters. The van der Waals surface area contributed by atoms with Crippen molar-refractivity contribution in [2.45, 2.75) is 26.3 Å². The predicted molar refractivity (Wildman–Crippen MR) is 134 cm³/mol. The van der Waals surface area contributed by atoms with Gasteiger partial charge in [0.05, 0.1) is 6.54 Å². The molecule has 3 atom stereocenters. The number of allylic oxidation sites excluding steroid dienone is 4. The van der Waals surface area contributed by atoms with Crippen LogP contribution in [0, 0.1) is 17.2 Å². The van der Waals surface area contributed by atoms with Gasteiger partial charge in [-0.05, 0) is 36.3 Å². The molecule has 8 heteroatoms. The molecule has 1 aliphatic heterocycles. The van der Waals surface area contributed by atoms with E-state index in [0.29, 0.717) is 37.6 Å². The Kier molecular flexibility index (Phi) is 10.1. The van der Waals surface area contributed by atoms with E-state index in [0.717, 1.165) is 22.5 Å². The van der Waals surface area contributed by atoms with Crippen molar-refractivity contribution in [3.05, 3.63) is 59.3 Å². The van der Waals surface area contributed by atoms with Crippen LogP contribution in [0.4, 0.5) is 10.1 Å². The molecule has 1 heterocycles. The molecule has 178 valence electrons. The van der Waals surface area contributed by atoms with Gasteiger partial charge in [-0.2, -0.15) is 5.26 Å². The number of alkyl halides is 1. The number of nitrogens with two attached hydrogens (primary N) is 1. The van der Waals surface area contributed by atoms with Gasteiger partial charge in [0.2, 0.25) is 0 Å². The molecule has 1 saturated heterocycles. The van der Waals surface area contributed by atoms with Crippen molar-refractivity contribution in [2.75, 3.05) is 39.4 Å². The Labute approximate surface area is 201 Å². The zero-order valence-corrected chi connectivity index (χ0v) is 20.2. The Hall–Kier alpha value is -2.66. The second kappa shape index (κ2) is 12.5. The molecule has 0 radical (unpaired) electrons. The summed E-state index contributed by atoms with van der Waals surface area (Å²) in [6.45, 7) is 9.90. The summed E-state index contributed by atoms with van der Waals surface area (Å²) in [5, 5.41) is 16.3. The highest BCUT2D eigenvalue weighted by Gasteiger charge is 2.51. The van der Waals surface area contributed by atoms with Crippen molar-refractivity contribution in [1.82, 2.24) is 15.1 Å². The standard InChI is InChI=1S/C25H33ClFN5O/c1-4-21(31-13-12-30-11-9-27)7-5-19(3)20-6-8-22(26)23(16-20)32(14-10-28)17-18(2)15-24(32)25(29)33/h4-8,16,18,24,30-31H,1,9,11-15,17H2,2-3H3,(H-,29,33)/p+1/b19-5+,21-7+/t18-,24-,32?/m0/s1. The Morgan fingerprint density at radius 2 is 2.15 bits per heavy atom. The molecule has 0 saturated carbocycles. The van der Waals surface area contributed by atoms with Crippen molar-refractivity contribution in [3.63, 3.8) is 0 Å². The fourth-order valence-corrected chi connectivity index (χ4v) is 4.74. The van der Waals surface area contributed by atoms with Crippen LogP contribution in [-0.2, 0) is 4.79 Å². The molecule has 33 heavy (non-hydrogen) atoms. The molecule has 1 aromatic rings. The number of nitrogens with one attached hydrogen (secondary N) is 2. The van der Waals surface area contributed by atoms with E-state index in [1.165, 1.54) is 0 Å². The lowest BCUT2D eigenvalue weighted by molar-refractivity contribution is -0.121. The number of amides is 1. The molecule has 4 N–H and O–H groups in total. The predicted octanol–water partition coefficient (Wildman–Crippen LogP) is 3.69. The number of carbonyl (C=O) groups is 1. The van der Waals surface area contributed by atoms with Gasteiger partial charge >= 0.3 is 0 Å². The van der Waals surface area contributed by atoms with Gasteiger partial charge in [-0.25, -0.2) is 4.39 Å². The van der Waals surface area contributed by atoms with Gasteiger partial charge in [-0.15, -0.1) is 0 Å². The minimum Gasteiger partial charge on any atom is -0.384 e. The number of nitrogens with zero attached hydrogens (tertiary/aromatic N) is 2. The zero-order valence-electron chi connectivity index (χ0n) is 19.4. The molecule has 0 aliphatic carbocycles. The van der Waals surface area contributed by atoms with Gasteiger partial charge in [-0.1, -0.05) is 37.2 Å². The van der Waals surface area contributed by atoms with Gasteiger partial charge in [0.25, 0.3) is 5.91 Å². The first kappa shape index (κ1) is 26.6. The molecule has 0 bridgehead atoms. The highest BCUT2D eigenvalue weighted by Crippen LogP contribution is 2.42. The number of likely N-dealkylation sites (tertiary alicyclic amines) is 1. The molecular formula is C25H34ClFN5O+. The normalized spacial score (nSPS) is 23.2. The number of nitriles is 1. The molecule has 0 spiro atoms. The summed E-state index contributed by atoms with van der Waals surface area (Å²) < 4.78 is 12.3. The van der Waals surface area contributed by atoms with Gasteiger partial charge in [0.15, 0.2) is 18.3 Å². The summed E-state index contributed by atoms with van der Waals surface area (Å²) in [5.74, 6) is -0.162. The van der Waals surface area contributed by atoms with Crippen molar-refractivity contribution < 1.29 is 9.18 Å². The van der Waals surface area contributed by atoms with Gasteiger partial charge < -0.3 is 16.4 Å². The van der Waals surface area contributed by atoms with E-state index >= 15 is 0 Å². The van der Waals surface area contributed by atoms with Crippen molar-refractivity contribution in [3.8, 4) is 6.07 Å². The lowest BCUT2D eigenvalue weighted by Crippen LogP contribution is -2.58. The van der Waals surface area contributed by atoms with Crippen LogP contribution >= 0.6 is 11.6 Å². The molecular weight excluding hydrogens is 441 g/mol. The summed E-state index contributed by atoms with van der Waals surface area (Å²) in [7, 11) is 0. The molecule has 1 amide bonds. The van der Waals surface area contributed by atoms with Crippen LogP contribution in [0.3, 0.4) is 0 Å². The monoisotopic (exact) mass is 474 g/mol. The Balaban J connectivity index is 2.33. The largest absolute Gasteiger partial charge is 0.384 e. The first-order chi connectivity index (χ1) is 15.8. The van der Waals surface area contributed by atoms with Crippen molar-refractivity contribution in [1.29, 1.82) is 5.26 Å². The second-order valence-corrected chi connectivity index (χ2v) is 8.91. The maximum atomic E-state index is 12.3. The third-order valence-electron chi connectivity index (χ3n) is 6.06. The summed E-state index contributed by atoms with van der Waals surface area (Å²) in [5.41, 5.74) is 9.28. The third kappa shape index (κ3) is 6.67. The van der Waals surface area contributed by atoms with Crippen LogP contribution in [0.15, 0.2) is 48.7 Å². The first-order valence-corrected chi connectivity index (χ1v) is 11.5. The van der Waals surface area contributed by atoms with E-state index in [1.807, 2.05) is 37.3 Å². The van der Waals surface area contributed by atoms with Crippen LogP contribution in [0.5, 0.6) is 0 Å². The molecule has 1 aliphatic rings. The summed E-state index contributed by atoms with van der Waals surface area (Å²) in [6.07, 6.45) is 6.25. The van der Waals surface area contributed by atoms with Gasteiger partial charge in [0, 0.05) is 43.7 Å². The summed E-state index contributed by atoms with van der Waals surface area (Å²) >= 11 is 6.61. The number of primary amides is 1. The maximum absolute atomic E-state index is 12.3. The number of quaternary nitrogens is 1. The third-order valence-corrected chi connectivity index (χ3v) is 6.38. The Morgan fingerprint density at radius 1 is 1.39 bits per heavy atom. The number of hydrogen-bond donors (Lipinski definition) is 3. The molecule has 1 aromatic carbocycles. The fourth-order valence-electron chi connectivity index (χ4n) is 4.45. The van der Waals surface area contributed by atoms with Crippen molar-refractivity contribution in [2.24, 2.45) is 11.7 Å². The quantitative estimate of drug-likeness (QED) is 0.186. The summed E-state index contributed by atoms with van der Waals surface area (Å²) in [6, 6.07) is 7.47. The van der Waals surface area contributed by atoms with Crippen LogP contribution in [0.2, 0.25) is 5.02 Å². The topological polar surface area (TPSA) is 90.9 Å². The van der Waals surface area contributed by atoms with E-state index < -0.39 is 11.9 Å². The molecule has 2 rings (SSSR count). The summed E-state index contributed by atoms with van der Waals surface area (Å²) in [4.78, 5) is 12.3. The minimum absolute atomic E-state index is 0.130. The maximum Gasteiger partial charge on any atom is 0.276 e. The lowest BCUT2D eigenvalue weighted by atomic mass is 10.0. The number of benzene rings is 1. The lowest BCUT2D eigenvalue weighted by Gasteiger charge is -2.37. The zero-order chi connectivity index (χ0) is 24.4. The molecule has 0 aromatic heterocycles. The van der Waals surface area contributed by atoms with E-state index in [-0.39, 0.29) is 23.6 Å². The van der Waals surface area contributed by atoms with Crippen LogP contribution in [-0.4, -0.2) is 51.3 Å². The van der Waals surface area contributed by atoms with E-state index in [9.17, 15) is 14.4 Å². The number of carbonyl (C=O) groups excluding carboxylic acids is 1. The van der Waals surface area contributed by atoms with Gasteiger partial charge in [-0.3, -0.25) is 9.28 Å². The average Bonchev–Trinajstić information content (AvgIpc) is 3.13. The van der Waals surface area contributed by atoms with Crippen LogP contribution in [0.25, 0.3) is 5.57 Å².